The number of rotatable bonds is 9. The standard InChI is InChI=1S/C30H35N5O4/c1-38-25-10-5-9-24(20-25)27-12-13-28(32-31-27)33-14-16-34(17-15-33)30(37)22-35(21-26-11-6-18-39-26)29(36)19-23-7-3-2-4-8-23/h2-5,7-10,12-13,20,26H,6,11,14-19,21-22H2,1H3. The van der Waals surface area contributed by atoms with Gasteiger partial charge in [0, 0.05) is 44.9 Å². The molecule has 2 aliphatic heterocycles. The third-order valence-corrected chi connectivity index (χ3v) is 7.30. The Morgan fingerprint density at radius 3 is 2.51 bits per heavy atom. The summed E-state index contributed by atoms with van der Waals surface area (Å²) in [7, 11) is 1.64. The van der Waals surface area contributed by atoms with E-state index >= 15 is 0 Å². The molecule has 2 amide bonds. The number of hydrogen-bond acceptors (Lipinski definition) is 7. The first-order valence-electron chi connectivity index (χ1n) is 13.5. The molecule has 2 aromatic carbocycles. The van der Waals surface area contributed by atoms with Crippen LogP contribution in [0.3, 0.4) is 0 Å². The Hall–Kier alpha value is -3.98. The van der Waals surface area contributed by atoms with Crippen LogP contribution in [0.15, 0.2) is 66.7 Å². The van der Waals surface area contributed by atoms with Crippen molar-refractivity contribution in [2.75, 3.05) is 57.9 Å². The van der Waals surface area contributed by atoms with E-state index in [0.717, 1.165) is 41.2 Å². The summed E-state index contributed by atoms with van der Waals surface area (Å²) in [6.07, 6.45) is 2.18. The number of piperazine rings is 1. The van der Waals surface area contributed by atoms with Gasteiger partial charge in [0.1, 0.15) is 5.75 Å². The molecule has 1 atom stereocenters. The Kier molecular flexibility index (Phi) is 8.68. The molecule has 9 heteroatoms. The van der Waals surface area contributed by atoms with Crippen molar-refractivity contribution in [3.63, 3.8) is 0 Å². The van der Waals surface area contributed by atoms with Crippen LogP contribution in [-0.2, 0) is 20.7 Å². The van der Waals surface area contributed by atoms with Crippen molar-refractivity contribution in [2.24, 2.45) is 0 Å². The van der Waals surface area contributed by atoms with Crippen LogP contribution in [0.25, 0.3) is 11.3 Å². The molecule has 1 aromatic heterocycles. The Bertz CT molecular complexity index is 1240. The van der Waals surface area contributed by atoms with Crippen LogP contribution in [0.4, 0.5) is 5.82 Å². The van der Waals surface area contributed by atoms with Crippen LogP contribution in [0, 0.1) is 0 Å². The summed E-state index contributed by atoms with van der Waals surface area (Å²) in [5, 5.41) is 8.85. The molecule has 0 bridgehead atoms. The zero-order valence-electron chi connectivity index (χ0n) is 22.4. The lowest BCUT2D eigenvalue weighted by molar-refractivity contribution is -0.141. The molecule has 2 aliphatic rings. The Morgan fingerprint density at radius 2 is 1.82 bits per heavy atom. The highest BCUT2D eigenvalue weighted by Gasteiger charge is 2.28. The van der Waals surface area contributed by atoms with Gasteiger partial charge in [-0.05, 0) is 42.7 Å². The van der Waals surface area contributed by atoms with Gasteiger partial charge in [-0.15, -0.1) is 10.2 Å². The Labute approximate surface area is 229 Å². The molecule has 204 valence electrons. The number of carbonyl (C=O) groups is 2. The SMILES string of the molecule is COc1cccc(-c2ccc(N3CCN(C(=O)CN(CC4CCCO4)C(=O)Cc4ccccc4)CC3)nn2)c1. The number of nitrogens with zero attached hydrogens (tertiary/aromatic N) is 5. The zero-order valence-corrected chi connectivity index (χ0v) is 22.4. The molecule has 5 rings (SSSR count). The maximum Gasteiger partial charge on any atom is 0.242 e. The summed E-state index contributed by atoms with van der Waals surface area (Å²) < 4.78 is 11.1. The van der Waals surface area contributed by atoms with Crippen molar-refractivity contribution in [1.82, 2.24) is 20.0 Å². The fraction of sp³-hybridized carbons (Fsp3) is 0.400. The normalized spacial score (nSPS) is 17.2. The van der Waals surface area contributed by atoms with Gasteiger partial charge in [-0.3, -0.25) is 9.59 Å². The Morgan fingerprint density at radius 1 is 1.00 bits per heavy atom. The molecular weight excluding hydrogens is 494 g/mol. The average molecular weight is 530 g/mol. The first-order chi connectivity index (χ1) is 19.1. The number of hydrogen-bond donors (Lipinski definition) is 0. The van der Waals surface area contributed by atoms with E-state index in [4.69, 9.17) is 9.47 Å². The number of amides is 2. The first kappa shape index (κ1) is 26.6. The van der Waals surface area contributed by atoms with Crippen LogP contribution in [-0.4, -0.2) is 90.9 Å². The van der Waals surface area contributed by atoms with E-state index in [1.807, 2.05) is 71.6 Å². The van der Waals surface area contributed by atoms with Crippen molar-refractivity contribution in [3.8, 4) is 17.0 Å². The lowest BCUT2D eigenvalue weighted by atomic mass is 10.1. The van der Waals surface area contributed by atoms with E-state index in [-0.39, 0.29) is 30.9 Å². The van der Waals surface area contributed by atoms with Crippen LogP contribution >= 0.6 is 0 Å². The minimum Gasteiger partial charge on any atom is -0.497 e. The minimum atomic E-state index is -0.0462. The van der Waals surface area contributed by atoms with Crippen molar-refractivity contribution in [1.29, 1.82) is 0 Å². The minimum absolute atomic E-state index is 0.00658. The van der Waals surface area contributed by atoms with Gasteiger partial charge in [0.05, 0.1) is 31.9 Å². The predicted molar refractivity (Wildman–Crippen MR) is 149 cm³/mol. The molecule has 3 aromatic rings. The van der Waals surface area contributed by atoms with Gasteiger partial charge >= 0.3 is 0 Å². The maximum absolute atomic E-state index is 13.3. The van der Waals surface area contributed by atoms with Gasteiger partial charge in [-0.25, -0.2) is 0 Å². The molecule has 3 heterocycles. The van der Waals surface area contributed by atoms with E-state index in [2.05, 4.69) is 15.1 Å². The summed E-state index contributed by atoms with van der Waals surface area (Å²) in [5.41, 5.74) is 2.66. The van der Waals surface area contributed by atoms with Gasteiger partial charge in [-0.2, -0.15) is 0 Å². The number of aromatic nitrogens is 2. The fourth-order valence-corrected chi connectivity index (χ4v) is 5.05. The maximum atomic E-state index is 13.3. The third-order valence-electron chi connectivity index (χ3n) is 7.30. The van der Waals surface area contributed by atoms with E-state index < -0.39 is 0 Å². The highest BCUT2D eigenvalue weighted by Crippen LogP contribution is 2.23. The van der Waals surface area contributed by atoms with E-state index in [9.17, 15) is 9.59 Å². The second kappa shape index (κ2) is 12.7. The molecule has 9 nitrogen and oxygen atoms in total. The van der Waals surface area contributed by atoms with Gasteiger partial charge in [-0.1, -0.05) is 42.5 Å². The lowest BCUT2D eigenvalue weighted by Crippen LogP contribution is -2.53. The average Bonchev–Trinajstić information content (AvgIpc) is 3.51. The number of carbonyl (C=O) groups excluding carboxylic acids is 2. The molecule has 0 spiro atoms. The number of ether oxygens (including phenoxy) is 2. The van der Waals surface area contributed by atoms with Gasteiger partial charge in [0.25, 0.3) is 0 Å². The molecule has 1 unspecified atom stereocenters. The monoisotopic (exact) mass is 529 g/mol. The third kappa shape index (κ3) is 6.92. The van der Waals surface area contributed by atoms with E-state index in [1.165, 1.54) is 0 Å². The molecule has 39 heavy (non-hydrogen) atoms. The molecular formula is C30H35N5O4. The molecule has 2 saturated heterocycles. The largest absolute Gasteiger partial charge is 0.497 e. The van der Waals surface area contributed by atoms with Gasteiger partial charge in [0.15, 0.2) is 5.82 Å². The predicted octanol–water partition coefficient (Wildman–Crippen LogP) is 3.05. The molecule has 2 fully saturated rings. The smallest absolute Gasteiger partial charge is 0.242 e. The second-order valence-corrected chi connectivity index (χ2v) is 9.95. The van der Waals surface area contributed by atoms with Gasteiger partial charge < -0.3 is 24.2 Å². The highest BCUT2D eigenvalue weighted by molar-refractivity contribution is 5.86. The Balaban J connectivity index is 1.17. The highest BCUT2D eigenvalue weighted by atomic mass is 16.5. The molecule has 0 N–H and O–H groups in total. The lowest BCUT2D eigenvalue weighted by Gasteiger charge is -2.36. The fourth-order valence-electron chi connectivity index (χ4n) is 5.05. The summed E-state index contributed by atoms with van der Waals surface area (Å²) in [6, 6.07) is 21.3. The summed E-state index contributed by atoms with van der Waals surface area (Å²) in [5.74, 6) is 1.48. The van der Waals surface area contributed by atoms with Crippen molar-refractivity contribution < 1.29 is 19.1 Å². The molecule has 0 radical (unpaired) electrons. The van der Waals surface area contributed by atoms with Crippen LogP contribution in [0.5, 0.6) is 5.75 Å². The summed E-state index contributed by atoms with van der Waals surface area (Å²) in [6.45, 7) is 3.68. The number of anilines is 1. The number of methoxy groups -OCH3 is 1. The van der Waals surface area contributed by atoms with E-state index in [1.54, 1.807) is 12.0 Å². The van der Waals surface area contributed by atoms with Crippen molar-refractivity contribution in [2.45, 2.75) is 25.4 Å². The molecule has 0 saturated carbocycles. The van der Waals surface area contributed by atoms with E-state index in [0.29, 0.717) is 39.3 Å². The van der Waals surface area contributed by atoms with Crippen LogP contribution in [0.1, 0.15) is 18.4 Å². The second-order valence-electron chi connectivity index (χ2n) is 9.95. The molecule has 0 aliphatic carbocycles. The number of benzene rings is 2. The van der Waals surface area contributed by atoms with Crippen molar-refractivity contribution in [3.05, 3.63) is 72.3 Å². The van der Waals surface area contributed by atoms with Crippen LogP contribution in [0.2, 0.25) is 0 Å². The summed E-state index contributed by atoms with van der Waals surface area (Å²) >= 11 is 0. The summed E-state index contributed by atoms with van der Waals surface area (Å²) in [4.78, 5) is 32.1. The van der Waals surface area contributed by atoms with Crippen molar-refractivity contribution >= 4 is 17.6 Å². The quantitative estimate of drug-likeness (QED) is 0.421. The first-order valence-corrected chi connectivity index (χ1v) is 13.5. The zero-order chi connectivity index (χ0) is 27.0. The van der Waals surface area contributed by atoms with Crippen LogP contribution < -0.4 is 9.64 Å². The topological polar surface area (TPSA) is 88.1 Å². The van der Waals surface area contributed by atoms with Gasteiger partial charge in [0.2, 0.25) is 11.8 Å².